The average molecular weight is 338 g/mol. The third-order valence-electron chi connectivity index (χ3n) is 2.62. The molecule has 0 saturated heterocycles. The van der Waals surface area contributed by atoms with Gasteiger partial charge >= 0.3 is 5.97 Å². The Bertz CT molecular complexity index is 717. The number of rotatable bonds is 2. The van der Waals surface area contributed by atoms with Crippen molar-refractivity contribution < 1.29 is 9.53 Å². The summed E-state index contributed by atoms with van der Waals surface area (Å²) in [6, 6.07) is 7.12. The van der Waals surface area contributed by atoms with E-state index in [9.17, 15) is 4.79 Å². The summed E-state index contributed by atoms with van der Waals surface area (Å²) in [5, 5.41) is 4.23. The minimum atomic E-state index is -0.344. The molecule has 0 spiro atoms. The van der Waals surface area contributed by atoms with Gasteiger partial charge in [0.05, 0.1) is 24.6 Å². The van der Waals surface area contributed by atoms with Crippen LogP contribution in [0.1, 0.15) is 10.4 Å². The number of nitrogens with zero attached hydrogens (tertiary/aromatic N) is 3. The second-order valence-electron chi connectivity index (χ2n) is 3.78. The molecule has 5 nitrogen and oxygen atoms in total. The molecular formula is C12H8BrN3O2S. The lowest BCUT2D eigenvalue weighted by Gasteiger charge is -2.00. The van der Waals surface area contributed by atoms with Gasteiger partial charge in [0, 0.05) is 5.56 Å². The summed E-state index contributed by atoms with van der Waals surface area (Å²) in [6.45, 7) is 0. The molecule has 2 heterocycles. The Morgan fingerprint density at radius 3 is 2.74 bits per heavy atom. The molecule has 0 radical (unpaired) electrons. The largest absolute Gasteiger partial charge is 0.465 e. The highest BCUT2D eigenvalue weighted by Gasteiger charge is 2.10. The third-order valence-corrected chi connectivity index (χ3v) is 3.98. The number of aromatic nitrogens is 3. The van der Waals surface area contributed by atoms with Crippen molar-refractivity contribution in [1.29, 1.82) is 0 Å². The molecule has 3 rings (SSSR count). The van der Waals surface area contributed by atoms with Gasteiger partial charge in [0.15, 0.2) is 3.92 Å². The van der Waals surface area contributed by atoms with E-state index in [4.69, 9.17) is 0 Å². The lowest BCUT2D eigenvalue weighted by atomic mass is 10.1. The van der Waals surface area contributed by atoms with Gasteiger partial charge in [-0.2, -0.15) is 0 Å². The molecule has 0 fully saturated rings. The van der Waals surface area contributed by atoms with Gasteiger partial charge in [0.1, 0.15) is 0 Å². The maximum atomic E-state index is 11.3. The first-order chi connectivity index (χ1) is 9.17. The lowest BCUT2D eigenvalue weighted by Crippen LogP contribution is -2.00. The van der Waals surface area contributed by atoms with Crippen LogP contribution in [0.3, 0.4) is 0 Å². The van der Waals surface area contributed by atoms with Crippen LogP contribution >= 0.6 is 27.3 Å². The lowest BCUT2D eigenvalue weighted by molar-refractivity contribution is 0.0601. The van der Waals surface area contributed by atoms with E-state index in [-0.39, 0.29) is 5.97 Å². The summed E-state index contributed by atoms with van der Waals surface area (Å²) < 4.78 is 7.17. The molecule has 0 unspecified atom stereocenters. The van der Waals surface area contributed by atoms with Crippen molar-refractivity contribution in [1.82, 2.24) is 14.6 Å². The molecule has 0 saturated carbocycles. The van der Waals surface area contributed by atoms with E-state index in [1.54, 1.807) is 16.6 Å². The van der Waals surface area contributed by atoms with Crippen molar-refractivity contribution in [3.63, 3.8) is 0 Å². The van der Waals surface area contributed by atoms with Crippen molar-refractivity contribution in [3.8, 4) is 11.3 Å². The SMILES string of the molecule is COC(=O)c1ccc(-c2cn3nc(Br)sc3n2)cc1. The molecule has 1 aromatic carbocycles. The van der Waals surface area contributed by atoms with E-state index in [1.807, 2.05) is 18.3 Å². The van der Waals surface area contributed by atoms with Gasteiger partial charge in [-0.25, -0.2) is 14.3 Å². The van der Waals surface area contributed by atoms with E-state index >= 15 is 0 Å². The van der Waals surface area contributed by atoms with Gasteiger partial charge in [0.2, 0.25) is 4.96 Å². The average Bonchev–Trinajstić information content (AvgIpc) is 2.95. The van der Waals surface area contributed by atoms with Gasteiger partial charge in [-0.3, -0.25) is 0 Å². The Balaban J connectivity index is 1.96. The van der Waals surface area contributed by atoms with Crippen LogP contribution in [0.4, 0.5) is 0 Å². The van der Waals surface area contributed by atoms with Crippen molar-refractivity contribution in [3.05, 3.63) is 39.9 Å². The molecule has 3 aromatic rings. The van der Waals surface area contributed by atoms with Gasteiger partial charge in [-0.05, 0) is 28.1 Å². The smallest absolute Gasteiger partial charge is 0.337 e. The number of benzene rings is 1. The Hall–Kier alpha value is -1.73. The number of imidazole rings is 1. The minimum absolute atomic E-state index is 0.344. The fraction of sp³-hybridized carbons (Fsp3) is 0.0833. The quantitative estimate of drug-likeness (QED) is 0.674. The standard InChI is InChI=1S/C12H8BrN3O2S/c1-18-10(17)8-4-2-7(3-5-8)9-6-16-12(14-9)19-11(13)15-16/h2-6H,1H3. The molecule has 0 bridgehead atoms. The maximum absolute atomic E-state index is 11.3. The van der Waals surface area contributed by atoms with Crippen molar-refractivity contribution in [2.75, 3.05) is 7.11 Å². The molecule has 0 atom stereocenters. The van der Waals surface area contributed by atoms with E-state index < -0.39 is 0 Å². The fourth-order valence-electron chi connectivity index (χ4n) is 1.71. The molecule has 0 aliphatic heterocycles. The van der Waals surface area contributed by atoms with Crippen LogP contribution < -0.4 is 0 Å². The number of methoxy groups -OCH3 is 1. The third kappa shape index (κ3) is 2.26. The first-order valence-electron chi connectivity index (χ1n) is 5.38. The van der Waals surface area contributed by atoms with E-state index in [2.05, 4.69) is 30.7 Å². The molecular weight excluding hydrogens is 330 g/mol. The number of esters is 1. The zero-order valence-electron chi connectivity index (χ0n) is 9.83. The van der Waals surface area contributed by atoms with Gasteiger partial charge < -0.3 is 4.74 Å². The summed E-state index contributed by atoms with van der Waals surface area (Å²) in [6.07, 6.45) is 1.85. The van der Waals surface area contributed by atoms with Gasteiger partial charge in [0.25, 0.3) is 0 Å². The van der Waals surface area contributed by atoms with Crippen LogP contribution in [0.2, 0.25) is 0 Å². The summed E-state index contributed by atoms with van der Waals surface area (Å²) in [4.78, 5) is 16.6. The topological polar surface area (TPSA) is 56.5 Å². The maximum Gasteiger partial charge on any atom is 0.337 e. The minimum Gasteiger partial charge on any atom is -0.465 e. The van der Waals surface area contributed by atoms with Crippen molar-refractivity contribution in [2.24, 2.45) is 0 Å². The van der Waals surface area contributed by atoms with Crippen LogP contribution in [0.5, 0.6) is 0 Å². The molecule has 0 amide bonds. The van der Waals surface area contributed by atoms with Crippen LogP contribution in [-0.2, 0) is 4.74 Å². The van der Waals surface area contributed by atoms with Crippen molar-refractivity contribution >= 4 is 38.2 Å². The van der Waals surface area contributed by atoms with Crippen LogP contribution in [0.15, 0.2) is 34.4 Å². The zero-order chi connectivity index (χ0) is 13.4. The second kappa shape index (κ2) is 4.75. The van der Waals surface area contributed by atoms with E-state index in [1.165, 1.54) is 18.4 Å². The van der Waals surface area contributed by atoms with E-state index in [0.29, 0.717) is 5.56 Å². The number of hydrogen-bond acceptors (Lipinski definition) is 5. The molecule has 7 heteroatoms. The normalized spacial score (nSPS) is 10.8. The van der Waals surface area contributed by atoms with Gasteiger partial charge in [-0.15, -0.1) is 5.10 Å². The summed E-state index contributed by atoms with van der Waals surface area (Å²) >= 11 is 4.78. The number of hydrogen-bond donors (Lipinski definition) is 0. The predicted octanol–water partition coefficient (Wildman–Crippen LogP) is 3.01. The van der Waals surface area contributed by atoms with Crippen molar-refractivity contribution in [2.45, 2.75) is 0 Å². The number of halogens is 1. The van der Waals surface area contributed by atoms with Crippen LogP contribution in [0.25, 0.3) is 16.2 Å². The molecule has 2 aromatic heterocycles. The highest BCUT2D eigenvalue weighted by molar-refractivity contribution is 9.11. The molecule has 0 N–H and O–H groups in total. The Kier molecular flexibility index (Phi) is 3.08. The van der Waals surface area contributed by atoms with Crippen LogP contribution in [0, 0.1) is 0 Å². The Morgan fingerprint density at radius 2 is 2.11 bits per heavy atom. The Morgan fingerprint density at radius 1 is 1.37 bits per heavy atom. The first kappa shape index (κ1) is 12.3. The Labute approximate surface area is 121 Å². The number of carbonyl (C=O) groups excluding carboxylic acids is 1. The molecule has 96 valence electrons. The predicted molar refractivity (Wildman–Crippen MR) is 75.3 cm³/mol. The highest BCUT2D eigenvalue weighted by Crippen LogP contribution is 2.24. The number of fused-ring (bicyclic) bond motifs is 1. The van der Waals surface area contributed by atoms with E-state index in [0.717, 1.165) is 20.1 Å². The molecule has 19 heavy (non-hydrogen) atoms. The molecule has 0 aliphatic rings. The number of ether oxygens (including phenoxy) is 1. The summed E-state index contributed by atoms with van der Waals surface area (Å²) in [5.74, 6) is -0.344. The zero-order valence-corrected chi connectivity index (χ0v) is 12.2. The highest BCUT2D eigenvalue weighted by atomic mass is 79.9. The van der Waals surface area contributed by atoms with Gasteiger partial charge in [-0.1, -0.05) is 23.5 Å². The first-order valence-corrected chi connectivity index (χ1v) is 6.99. The molecule has 0 aliphatic carbocycles. The summed E-state index contributed by atoms with van der Waals surface area (Å²) in [5.41, 5.74) is 2.28. The van der Waals surface area contributed by atoms with Crippen LogP contribution in [-0.4, -0.2) is 27.7 Å². The fourth-order valence-corrected chi connectivity index (χ4v) is 2.93. The summed E-state index contributed by atoms with van der Waals surface area (Å²) in [7, 11) is 1.36. The second-order valence-corrected chi connectivity index (χ2v) is 6.01. The number of carbonyl (C=O) groups is 1. The monoisotopic (exact) mass is 337 g/mol.